The number of aromatic nitrogens is 2. The smallest absolute Gasteiger partial charge is 0.278 e. The van der Waals surface area contributed by atoms with Crippen molar-refractivity contribution in [2.24, 2.45) is 0 Å². The Hall–Kier alpha value is -4.26. The van der Waals surface area contributed by atoms with Gasteiger partial charge in [0.2, 0.25) is 0 Å². The Labute approximate surface area is 179 Å². The number of nitro groups is 1. The molecule has 1 amide bonds. The minimum Gasteiger partial charge on any atom is -0.307 e. The van der Waals surface area contributed by atoms with Crippen LogP contribution in [0.5, 0.6) is 0 Å². The second-order valence-electron chi connectivity index (χ2n) is 6.95. The van der Waals surface area contributed by atoms with Gasteiger partial charge in [-0.05, 0) is 36.2 Å². The first-order valence-corrected chi connectivity index (χ1v) is 9.83. The number of rotatable bonds is 7. The van der Waals surface area contributed by atoms with Gasteiger partial charge in [0.25, 0.3) is 11.6 Å². The van der Waals surface area contributed by atoms with Gasteiger partial charge in [-0.3, -0.25) is 14.9 Å². The first-order valence-electron chi connectivity index (χ1n) is 9.83. The molecule has 0 saturated carbocycles. The van der Waals surface area contributed by atoms with E-state index in [1.807, 2.05) is 60.7 Å². The van der Waals surface area contributed by atoms with E-state index in [1.165, 1.54) is 16.8 Å². The number of anilines is 1. The summed E-state index contributed by atoms with van der Waals surface area (Å²) in [4.78, 5) is 25.6. The van der Waals surface area contributed by atoms with Gasteiger partial charge in [-0.2, -0.15) is 5.10 Å². The van der Waals surface area contributed by atoms with Crippen LogP contribution in [0, 0.1) is 10.1 Å². The van der Waals surface area contributed by atoms with Crippen molar-refractivity contribution in [1.82, 2.24) is 9.78 Å². The zero-order chi connectivity index (χ0) is 21.6. The van der Waals surface area contributed by atoms with Crippen molar-refractivity contribution < 1.29 is 9.72 Å². The van der Waals surface area contributed by atoms with Gasteiger partial charge in [-0.1, -0.05) is 54.6 Å². The molecule has 7 heteroatoms. The molecule has 0 radical (unpaired) electrons. The molecule has 0 aliphatic heterocycles. The summed E-state index contributed by atoms with van der Waals surface area (Å²) < 4.78 is 1.47. The number of nitrogens with zero attached hydrogens (tertiary/aromatic N) is 4. The third-order valence-electron chi connectivity index (χ3n) is 4.89. The average molecular weight is 412 g/mol. The highest BCUT2D eigenvalue weighted by Crippen LogP contribution is 2.19. The van der Waals surface area contributed by atoms with Crippen molar-refractivity contribution in [3.63, 3.8) is 0 Å². The van der Waals surface area contributed by atoms with Gasteiger partial charge in [-0.25, -0.2) is 4.68 Å². The molecule has 1 heterocycles. The molecule has 3 aromatic carbocycles. The molecule has 0 N–H and O–H groups in total. The lowest BCUT2D eigenvalue weighted by molar-refractivity contribution is -0.384. The predicted molar refractivity (Wildman–Crippen MR) is 118 cm³/mol. The van der Waals surface area contributed by atoms with E-state index < -0.39 is 4.92 Å². The molecule has 0 fully saturated rings. The topological polar surface area (TPSA) is 81.3 Å². The molecule has 154 valence electrons. The van der Waals surface area contributed by atoms with Gasteiger partial charge in [0.05, 0.1) is 10.6 Å². The van der Waals surface area contributed by atoms with Crippen LogP contribution in [0.3, 0.4) is 0 Å². The highest BCUT2D eigenvalue weighted by Gasteiger charge is 2.20. The summed E-state index contributed by atoms with van der Waals surface area (Å²) in [6.45, 7) is 0.497. The fourth-order valence-corrected chi connectivity index (χ4v) is 3.31. The summed E-state index contributed by atoms with van der Waals surface area (Å²) in [7, 11) is 0. The fourth-order valence-electron chi connectivity index (χ4n) is 3.31. The molecule has 0 spiro atoms. The summed E-state index contributed by atoms with van der Waals surface area (Å²) in [5.41, 5.74) is 2.67. The van der Waals surface area contributed by atoms with E-state index in [1.54, 1.807) is 29.3 Å². The Kier molecular flexibility index (Phi) is 5.84. The van der Waals surface area contributed by atoms with Crippen LogP contribution in [0.25, 0.3) is 5.69 Å². The Balaban J connectivity index is 1.60. The molecule has 7 nitrogen and oxygen atoms in total. The second kappa shape index (κ2) is 9.04. The number of hydrogen-bond acceptors (Lipinski definition) is 4. The zero-order valence-corrected chi connectivity index (χ0v) is 16.7. The summed E-state index contributed by atoms with van der Waals surface area (Å²) in [5.74, 6) is -0.230. The van der Waals surface area contributed by atoms with Crippen LogP contribution >= 0.6 is 0 Å². The first kappa shape index (κ1) is 20.0. The first-order chi connectivity index (χ1) is 15.1. The Morgan fingerprint density at radius 2 is 1.65 bits per heavy atom. The molecule has 0 atom stereocenters. The number of para-hydroxylation sites is 1. The summed E-state index contributed by atoms with van der Waals surface area (Å²) in [6, 6.07) is 27.2. The zero-order valence-electron chi connectivity index (χ0n) is 16.7. The maximum Gasteiger partial charge on any atom is 0.278 e. The standard InChI is InChI=1S/C24H20N4O3/c29-24(23-15-17-27(25-23)21-12-7-13-22(18-21)28(30)31)26(20-10-5-2-6-11-20)16-14-19-8-3-1-4-9-19/h1-13,15,17-18H,14,16H2. The van der Waals surface area contributed by atoms with E-state index in [-0.39, 0.29) is 17.3 Å². The Bertz CT molecular complexity index is 1190. The van der Waals surface area contributed by atoms with Crippen molar-refractivity contribution in [1.29, 1.82) is 0 Å². The van der Waals surface area contributed by atoms with E-state index in [2.05, 4.69) is 5.10 Å². The van der Waals surface area contributed by atoms with Crippen LogP contribution in [0.4, 0.5) is 11.4 Å². The van der Waals surface area contributed by atoms with Crippen molar-refractivity contribution in [2.75, 3.05) is 11.4 Å². The van der Waals surface area contributed by atoms with E-state index in [0.717, 1.165) is 11.3 Å². The van der Waals surface area contributed by atoms with Crippen molar-refractivity contribution in [2.45, 2.75) is 6.42 Å². The maximum atomic E-state index is 13.3. The quantitative estimate of drug-likeness (QED) is 0.326. The minimum atomic E-state index is -0.459. The van der Waals surface area contributed by atoms with Crippen molar-refractivity contribution in [3.05, 3.63) is 119 Å². The van der Waals surface area contributed by atoms with Crippen LogP contribution in [-0.4, -0.2) is 27.2 Å². The Morgan fingerprint density at radius 3 is 2.35 bits per heavy atom. The van der Waals surface area contributed by atoms with Crippen LogP contribution in [0.15, 0.2) is 97.2 Å². The molecule has 31 heavy (non-hydrogen) atoms. The van der Waals surface area contributed by atoms with Gasteiger partial charge in [-0.15, -0.1) is 0 Å². The number of nitro benzene ring substituents is 1. The molecular weight excluding hydrogens is 392 g/mol. The number of non-ortho nitro benzene ring substituents is 1. The van der Waals surface area contributed by atoms with Gasteiger partial charge < -0.3 is 4.90 Å². The van der Waals surface area contributed by atoms with Crippen LogP contribution in [0.1, 0.15) is 16.1 Å². The molecule has 4 aromatic rings. The monoisotopic (exact) mass is 412 g/mol. The lowest BCUT2D eigenvalue weighted by Gasteiger charge is -2.22. The highest BCUT2D eigenvalue weighted by molar-refractivity contribution is 6.04. The van der Waals surface area contributed by atoms with Gasteiger partial charge in [0.15, 0.2) is 5.69 Å². The Morgan fingerprint density at radius 1 is 0.935 bits per heavy atom. The minimum absolute atomic E-state index is 0.0327. The lowest BCUT2D eigenvalue weighted by atomic mass is 10.1. The van der Waals surface area contributed by atoms with Crippen LogP contribution in [-0.2, 0) is 6.42 Å². The molecule has 0 aliphatic rings. The highest BCUT2D eigenvalue weighted by atomic mass is 16.6. The number of benzene rings is 3. The molecule has 0 bridgehead atoms. The van der Waals surface area contributed by atoms with Crippen molar-refractivity contribution in [3.8, 4) is 5.69 Å². The van der Waals surface area contributed by atoms with E-state index in [4.69, 9.17) is 0 Å². The summed E-state index contributed by atoms with van der Waals surface area (Å²) >= 11 is 0. The van der Waals surface area contributed by atoms with E-state index in [9.17, 15) is 14.9 Å². The largest absolute Gasteiger partial charge is 0.307 e. The third-order valence-corrected chi connectivity index (χ3v) is 4.89. The SMILES string of the molecule is O=C(c1ccn(-c2cccc([N+](=O)[O-])c2)n1)N(CCc1ccccc1)c1ccccc1. The molecule has 0 unspecified atom stereocenters. The third kappa shape index (κ3) is 4.67. The summed E-state index contributed by atoms with van der Waals surface area (Å²) in [6.07, 6.45) is 2.33. The average Bonchev–Trinajstić information content (AvgIpc) is 3.31. The molecule has 0 saturated heterocycles. The molecular formula is C24H20N4O3. The van der Waals surface area contributed by atoms with Gasteiger partial charge in [0, 0.05) is 30.6 Å². The lowest BCUT2D eigenvalue weighted by Crippen LogP contribution is -2.33. The maximum absolute atomic E-state index is 13.3. The molecule has 1 aromatic heterocycles. The fraction of sp³-hybridized carbons (Fsp3) is 0.0833. The second-order valence-corrected chi connectivity index (χ2v) is 6.95. The normalized spacial score (nSPS) is 10.6. The van der Waals surface area contributed by atoms with Gasteiger partial charge >= 0.3 is 0 Å². The van der Waals surface area contributed by atoms with E-state index >= 15 is 0 Å². The predicted octanol–water partition coefficient (Wildman–Crippen LogP) is 4.67. The number of carbonyl (C=O) groups excluding carboxylic acids is 1. The number of hydrogen-bond donors (Lipinski definition) is 0. The number of carbonyl (C=O) groups is 1. The van der Waals surface area contributed by atoms with Crippen LogP contribution < -0.4 is 4.90 Å². The van der Waals surface area contributed by atoms with E-state index in [0.29, 0.717) is 18.7 Å². The summed E-state index contributed by atoms with van der Waals surface area (Å²) in [5, 5.41) is 15.4. The number of amides is 1. The molecule has 4 rings (SSSR count). The van der Waals surface area contributed by atoms with Crippen molar-refractivity contribution >= 4 is 17.3 Å². The van der Waals surface area contributed by atoms with Gasteiger partial charge in [0.1, 0.15) is 0 Å². The molecule has 0 aliphatic carbocycles. The van der Waals surface area contributed by atoms with Crippen LogP contribution in [0.2, 0.25) is 0 Å².